The van der Waals surface area contributed by atoms with E-state index in [1.807, 2.05) is 31.2 Å². The van der Waals surface area contributed by atoms with Gasteiger partial charge in [0, 0.05) is 11.1 Å². The van der Waals surface area contributed by atoms with E-state index in [2.05, 4.69) is 5.32 Å². The highest BCUT2D eigenvalue weighted by Crippen LogP contribution is 2.47. The molecule has 2 fully saturated rings. The van der Waals surface area contributed by atoms with Gasteiger partial charge in [-0.2, -0.15) is 0 Å². The number of halogens is 1. The Morgan fingerprint density at radius 2 is 2.05 bits per heavy atom. The summed E-state index contributed by atoms with van der Waals surface area (Å²) in [5, 5.41) is 3.78. The molecule has 2 aliphatic rings. The molecule has 2 aliphatic carbocycles. The van der Waals surface area contributed by atoms with Gasteiger partial charge in [0.2, 0.25) is 5.91 Å². The maximum absolute atomic E-state index is 12.5. The zero-order valence-corrected chi connectivity index (χ0v) is 12.4. The number of hydrogen-bond donors (Lipinski definition) is 2. The monoisotopic (exact) mass is 292 g/mol. The van der Waals surface area contributed by atoms with Crippen LogP contribution in [0.25, 0.3) is 0 Å². The molecule has 0 saturated heterocycles. The average molecular weight is 293 g/mol. The van der Waals surface area contributed by atoms with E-state index in [1.165, 1.54) is 6.42 Å². The third-order valence-corrected chi connectivity index (χ3v) is 5.36. The SMILES string of the molecule is C[C@@H](NC(=O)C1C2CCC(C2)C1N)c1ccccc1Cl. The number of hydrogen-bond acceptors (Lipinski definition) is 2. The topological polar surface area (TPSA) is 55.1 Å². The average Bonchev–Trinajstić information content (AvgIpc) is 2.99. The zero-order valence-electron chi connectivity index (χ0n) is 11.7. The summed E-state index contributed by atoms with van der Waals surface area (Å²) < 4.78 is 0. The highest BCUT2D eigenvalue weighted by molar-refractivity contribution is 6.31. The largest absolute Gasteiger partial charge is 0.349 e. The highest BCUT2D eigenvalue weighted by atomic mass is 35.5. The van der Waals surface area contributed by atoms with E-state index in [0.29, 0.717) is 16.9 Å². The summed E-state index contributed by atoms with van der Waals surface area (Å²) in [5.74, 6) is 1.11. The molecule has 3 rings (SSSR count). The van der Waals surface area contributed by atoms with E-state index in [-0.39, 0.29) is 23.9 Å². The number of nitrogens with one attached hydrogen (secondary N) is 1. The Morgan fingerprint density at radius 3 is 2.70 bits per heavy atom. The van der Waals surface area contributed by atoms with Crippen molar-refractivity contribution < 1.29 is 4.79 Å². The molecule has 0 aliphatic heterocycles. The quantitative estimate of drug-likeness (QED) is 0.900. The molecule has 0 heterocycles. The van der Waals surface area contributed by atoms with Gasteiger partial charge in [-0.05, 0) is 49.7 Å². The van der Waals surface area contributed by atoms with Gasteiger partial charge in [-0.3, -0.25) is 4.79 Å². The first-order chi connectivity index (χ1) is 9.58. The van der Waals surface area contributed by atoms with Crippen LogP contribution in [0.3, 0.4) is 0 Å². The second-order valence-electron chi connectivity index (χ2n) is 6.19. The molecule has 0 radical (unpaired) electrons. The molecule has 3 N–H and O–H groups in total. The molecule has 20 heavy (non-hydrogen) atoms. The van der Waals surface area contributed by atoms with E-state index in [0.717, 1.165) is 18.4 Å². The highest BCUT2D eigenvalue weighted by Gasteiger charge is 2.49. The first-order valence-corrected chi connectivity index (χ1v) is 7.76. The molecule has 0 aromatic heterocycles. The van der Waals surface area contributed by atoms with Gasteiger partial charge in [0.15, 0.2) is 0 Å². The van der Waals surface area contributed by atoms with Crippen molar-refractivity contribution in [1.82, 2.24) is 5.32 Å². The Labute approximate surface area is 124 Å². The molecule has 1 aromatic rings. The number of amides is 1. The number of fused-ring (bicyclic) bond motifs is 2. The van der Waals surface area contributed by atoms with Gasteiger partial charge in [-0.25, -0.2) is 0 Å². The second kappa shape index (κ2) is 5.38. The van der Waals surface area contributed by atoms with Crippen LogP contribution in [0.4, 0.5) is 0 Å². The smallest absolute Gasteiger partial charge is 0.225 e. The zero-order chi connectivity index (χ0) is 14.3. The van der Waals surface area contributed by atoms with Crippen molar-refractivity contribution in [2.45, 2.75) is 38.3 Å². The van der Waals surface area contributed by atoms with Crippen molar-refractivity contribution in [3.05, 3.63) is 34.9 Å². The van der Waals surface area contributed by atoms with Gasteiger partial charge in [0.1, 0.15) is 0 Å². The van der Waals surface area contributed by atoms with Crippen LogP contribution in [0.15, 0.2) is 24.3 Å². The summed E-state index contributed by atoms with van der Waals surface area (Å²) in [6, 6.07) is 7.59. The van der Waals surface area contributed by atoms with Crippen molar-refractivity contribution in [2.24, 2.45) is 23.5 Å². The third kappa shape index (κ3) is 2.33. The Morgan fingerprint density at radius 1 is 1.35 bits per heavy atom. The Bertz CT molecular complexity index is 517. The minimum atomic E-state index is -0.0810. The van der Waals surface area contributed by atoms with Gasteiger partial charge in [0.25, 0.3) is 0 Å². The predicted octanol–water partition coefficient (Wildman–Crippen LogP) is 2.89. The molecule has 1 amide bonds. The number of benzene rings is 1. The molecule has 4 heteroatoms. The number of nitrogens with two attached hydrogens (primary N) is 1. The van der Waals surface area contributed by atoms with Crippen LogP contribution in [-0.2, 0) is 4.79 Å². The molecule has 5 atom stereocenters. The maximum Gasteiger partial charge on any atom is 0.225 e. The molecular formula is C16H21ClN2O. The van der Waals surface area contributed by atoms with E-state index < -0.39 is 0 Å². The first-order valence-electron chi connectivity index (χ1n) is 7.38. The molecule has 0 spiro atoms. The maximum atomic E-state index is 12.5. The van der Waals surface area contributed by atoms with Crippen LogP contribution in [0.5, 0.6) is 0 Å². The summed E-state index contributed by atoms with van der Waals surface area (Å²) in [5.41, 5.74) is 7.18. The van der Waals surface area contributed by atoms with Crippen LogP contribution >= 0.6 is 11.6 Å². The summed E-state index contributed by atoms with van der Waals surface area (Å²) in [7, 11) is 0. The van der Waals surface area contributed by atoms with Crippen LogP contribution in [-0.4, -0.2) is 11.9 Å². The van der Waals surface area contributed by atoms with Gasteiger partial charge >= 0.3 is 0 Å². The van der Waals surface area contributed by atoms with Crippen molar-refractivity contribution in [1.29, 1.82) is 0 Å². The lowest BCUT2D eigenvalue weighted by Gasteiger charge is -2.28. The van der Waals surface area contributed by atoms with Crippen molar-refractivity contribution in [2.75, 3.05) is 0 Å². The summed E-state index contributed by atoms with van der Waals surface area (Å²) in [6.45, 7) is 1.97. The van der Waals surface area contributed by atoms with Crippen molar-refractivity contribution in [3.8, 4) is 0 Å². The lowest BCUT2D eigenvalue weighted by atomic mass is 9.84. The fraction of sp³-hybridized carbons (Fsp3) is 0.562. The van der Waals surface area contributed by atoms with E-state index in [9.17, 15) is 4.79 Å². The van der Waals surface area contributed by atoms with Crippen LogP contribution in [0.2, 0.25) is 5.02 Å². The van der Waals surface area contributed by atoms with Crippen molar-refractivity contribution in [3.63, 3.8) is 0 Å². The molecule has 2 saturated carbocycles. The molecule has 1 aromatic carbocycles. The van der Waals surface area contributed by atoms with Gasteiger partial charge < -0.3 is 11.1 Å². The normalized spacial score (nSPS) is 33.1. The van der Waals surface area contributed by atoms with Crippen LogP contribution in [0.1, 0.15) is 37.8 Å². The standard InChI is InChI=1S/C16H21ClN2O/c1-9(12-4-2-3-5-13(12)17)19-16(20)14-10-6-7-11(8-10)15(14)18/h2-5,9-11,14-15H,6-8,18H2,1H3,(H,19,20)/t9-,10?,11?,14?,15?/m1/s1. The van der Waals surface area contributed by atoms with Crippen LogP contribution in [0, 0.1) is 17.8 Å². The predicted molar refractivity (Wildman–Crippen MR) is 80.3 cm³/mol. The third-order valence-electron chi connectivity index (χ3n) is 5.01. The summed E-state index contributed by atoms with van der Waals surface area (Å²) >= 11 is 6.18. The summed E-state index contributed by atoms with van der Waals surface area (Å²) in [4.78, 5) is 12.5. The molecule has 2 bridgehead atoms. The number of rotatable bonds is 3. The van der Waals surface area contributed by atoms with Crippen LogP contribution < -0.4 is 11.1 Å². The lowest BCUT2D eigenvalue weighted by molar-refractivity contribution is -0.127. The van der Waals surface area contributed by atoms with Crippen molar-refractivity contribution >= 4 is 17.5 Å². The van der Waals surface area contributed by atoms with E-state index in [1.54, 1.807) is 0 Å². The second-order valence-corrected chi connectivity index (χ2v) is 6.60. The molecule has 4 unspecified atom stereocenters. The van der Waals surface area contributed by atoms with E-state index >= 15 is 0 Å². The van der Waals surface area contributed by atoms with Gasteiger partial charge in [0.05, 0.1) is 12.0 Å². The number of carbonyl (C=O) groups is 1. The molecule has 108 valence electrons. The fourth-order valence-corrected chi connectivity index (χ4v) is 4.24. The molecule has 3 nitrogen and oxygen atoms in total. The minimum Gasteiger partial charge on any atom is -0.349 e. The fourth-order valence-electron chi connectivity index (χ4n) is 3.94. The number of carbonyl (C=O) groups excluding carboxylic acids is 1. The lowest BCUT2D eigenvalue weighted by Crippen LogP contribution is -2.45. The first kappa shape index (κ1) is 13.9. The Kier molecular flexibility index (Phi) is 3.74. The van der Waals surface area contributed by atoms with Gasteiger partial charge in [-0.15, -0.1) is 0 Å². The van der Waals surface area contributed by atoms with Gasteiger partial charge in [-0.1, -0.05) is 29.8 Å². The summed E-state index contributed by atoms with van der Waals surface area (Å²) in [6.07, 6.45) is 3.46. The Hall–Kier alpha value is -1.06. The minimum absolute atomic E-state index is 0.0151. The Balaban J connectivity index is 1.69. The van der Waals surface area contributed by atoms with E-state index in [4.69, 9.17) is 17.3 Å². The molecular weight excluding hydrogens is 272 g/mol.